The molecule has 2 heterocycles. The van der Waals surface area contributed by atoms with Gasteiger partial charge in [-0.25, -0.2) is 0 Å². The van der Waals surface area contributed by atoms with E-state index in [1.807, 2.05) is 47.8 Å². The highest BCUT2D eigenvalue weighted by molar-refractivity contribution is 7.99. The summed E-state index contributed by atoms with van der Waals surface area (Å²) in [6.07, 6.45) is 3.76. The average Bonchev–Trinajstić information content (AvgIpc) is 3.49. The van der Waals surface area contributed by atoms with Crippen LogP contribution >= 0.6 is 23.4 Å². The van der Waals surface area contributed by atoms with Crippen LogP contribution in [0.1, 0.15) is 18.4 Å². The number of carbonyl (C=O) groups is 1. The van der Waals surface area contributed by atoms with Gasteiger partial charge in [0, 0.05) is 44.5 Å². The second kappa shape index (κ2) is 11.0. The lowest BCUT2D eigenvalue weighted by atomic mass is 10.1. The number of hydrogen-bond donors (Lipinski definition) is 0. The van der Waals surface area contributed by atoms with E-state index in [9.17, 15) is 4.79 Å². The number of aromatic nitrogens is 3. The molecule has 0 radical (unpaired) electrons. The first-order chi connectivity index (χ1) is 16.0. The highest BCUT2D eigenvalue weighted by Gasteiger charge is 2.23. The summed E-state index contributed by atoms with van der Waals surface area (Å²) in [7, 11) is 4.03. The summed E-state index contributed by atoms with van der Waals surface area (Å²) in [4.78, 5) is 17.2. The summed E-state index contributed by atoms with van der Waals surface area (Å²) in [5.74, 6) is 0.315. The van der Waals surface area contributed by atoms with E-state index in [0.717, 1.165) is 36.4 Å². The van der Waals surface area contributed by atoms with Gasteiger partial charge in [0.1, 0.15) is 6.33 Å². The smallest absolute Gasteiger partial charge is 0.233 e. The number of amides is 1. The van der Waals surface area contributed by atoms with E-state index in [1.165, 1.54) is 11.8 Å². The van der Waals surface area contributed by atoms with Crippen LogP contribution in [0, 0.1) is 0 Å². The minimum Gasteiger partial charge on any atom is -0.378 e. The van der Waals surface area contributed by atoms with Gasteiger partial charge in [0.2, 0.25) is 5.91 Å². The van der Waals surface area contributed by atoms with E-state index in [2.05, 4.69) is 39.4 Å². The molecule has 0 saturated carbocycles. The molecule has 1 amide bonds. The molecule has 33 heavy (non-hydrogen) atoms. The number of hydrogen-bond acceptors (Lipinski definition) is 6. The fraction of sp³-hybridized carbons (Fsp3) is 0.375. The van der Waals surface area contributed by atoms with Crippen molar-refractivity contribution in [1.29, 1.82) is 0 Å². The van der Waals surface area contributed by atoms with Crippen LogP contribution in [0.2, 0.25) is 5.02 Å². The van der Waals surface area contributed by atoms with Crippen molar-refractivity contribution in [2.24, 2.45) is 0 Å². The Morgan fingerprint density at radius 3 is 2.76 bits per heavy atom. The van der Waals surface area contributed by atoms with E-state index >= 15 is 0 Å². The normalized spacial score (nSPS) is 15.5. The van der Waals surface area contributed by atoms with Crippen molar-refractivity contribution in [3.63, 3.8) is 0 Å². The lowest BCUT2D eigenvalue weighted by Gasteiger charge is -2.26. The second-order valence-electron chi connectivity index (χ2n) is 8.22. The zero-order valence-corrected chi connectivity index (χ0v) is 20.4. The van der Waals surface area contributed by atoms with Gasteiger partial charge in [-0.15, -0.1) is 10.2 Å². The third kappa shape index (κ3) is 6.28. The van der Waals surface area contributed by atoms with E-state index in [0.29, 0.717) is 23.3 Å². The molecule has 9 heteroatoms. The first-order valence-corrected chi connectivity index (χ1v) is 12.3. The first kappa shape index (κ1) is 23.6. The standard InChI is InChI=1S/C24H28ClN5O2S/c1-28(2)20-10-8-18(9-11-20)14-29(15-22-7-4-12-32-22)23(31)16-33-24-27-26-17-30(24)21-6-3-5-19(25)13-21/h3,5-6,8-11,13,17,22H,4,7,12,14-16H2,1-2H3. The average molecular weight is 486 g/mol. The molecule has 0 spiro atoms. The van der Waals surface area contributed by atoms with Crippen molar-refractivity contribution < 1.29 is 9.53 Å². The number of ether oxygens (including phenoxy) is 1. The van der Waals surface area contributed by atoms with Crippen LogP contribution in [0.3, 0.4) is 0 Å². The molecule has 2 aromatic carbocycles. The van der Waals surface area contributed by atoms with Crippen LogP contribution in [0.4, 0.5) is 5.69 Å². The molecule has 1 fully saturated rings. The summed E-state index contributed by atoms with van der Waals surface area (Å²) in [6.45, 7) is 1.91. The second-order valence-corrected chi connectivity index (χ2v) is 9.60. The number of benzene rings is 2. The molecular weight excluding hydrogens is 458 g/mol. The van der Waals surface area contributed by atoms with E-state index in [1.54, 1.807) is 6.33 Å². The lowest BCUT2D eigenvalue weighted by Crippen LogP contribution is -2.38. The van der Waals surface area contributed by atoms with E-state index in [-0.39, 0.29) is 17.8 Å². The molecule has 4 rings (SSSR count). The van der Waals surface area contributed by atoms with Crippen LogP contribution in [0.25, 0.3) is 5.69 Å². The van der Waals surface area contributed by atoms with Gasteiger partial charge < -0.3 is 14.5 Å². The third-order valence-corrected chi connectivity index (χ3v) is 6.72. The Labute approximate surface area is 203 Å². The Bertz CT molecular complexity index is 1070. The fourth-order valence-electron chi connectivity index (χ4n) is 3.75. The number of nitrogens with zero attached hydrogens (tertiary/aromatic N) is 5. The SMILES string of the molecule is CN(C)c1ccc(CN(CC2CCCO2)C(=O)CSc2nncn2-c2cccc(Cl)c2)cc1. The Kier molecular flexibility index (Phi) is 7.90. The molecule has 1 aromatic heterocycles. The van der Waals surface area contributed by atoms with Crippen LogP contribution in [0.5, 0.6) is 0 Å². The molecule has 7 nitrogen and oxygen atoms in total. The van der Waals surface area contributed by atoms with Gasteiger partial charge >= 0.3 is 0 Å². The molecule has 1 unspecified atom stereocenters. The Hall–Kier alpha value is -2.55. The van der Waals surface area contributed by atoms with E-state index in [4.69, 9.17) is 16.3 Å². The van der Waals surface area contributed by atoms with Gasteiger partial charge in [0.15, 0.2) is 5.16 Å². The van der Waals surface area contributed by atoms with Crippen molar-refractivity contribution in [3.05, 3.63) is 65.4 Å². The minimum atomic E-state index is 0.0489. The minimum absolute atomic E-state index is 0.0489. The molecule has 0 aliphatic carbocycles. The van der Waals surface area contributed by atoms with Crippen molar-refractivity contribution in [3.8, 4) is 5.69 Å². The van der Waals surface area contributed by atoms with E-state index < -0.39 is 0 Å². The van der Waals surface area contributed by atoms with Crippen molar-refractivity contribution in [1.82, 2.24) is 19.7 Å². The van der Waals surface area contributed by atoms with Gasteiger partial charge in [-0.3, -0.25) is 9.36 Å². The molecular formula is C24H28ClN5O2S. The maximum absolute atomic E-state index is 13.3. The predicted molar refractivity (Wildman–Crippen MR) is 132 cm³/mol. The first-order valence-electron chi connectivity index (χ1n) is 10.9. The molecule has 1 atom stereocenters. The number of thioether (sulfide) groups is 1. The van der Waals surface area contributed by atoms with Crippen molar-refractivity contribution >= 4 is 35.0 Å². The predicted octanol–water partition coefficient (Wildman–Crippen LogP) is 4.29. The van der Waals surface area contributed by atoms with Crippen LogP contribution in [-0.2, 0) is 16.1 Å². The molecule has 3 aromatic rings. The van der Waals surface area contributed by atoms with Crippen molar-refractivity contribution in [2.45, 2.75) is 30.6 Å². The van der Waals surface area contributed by atoms with Gasteiger partial charge in [-0.2, -0.15) is 0 Å². The Morgan fingerprint density at radius 1 is 1.24 bits per heavy atom. The lowest BCUT2D eigenvalue weighted by molar-refractivity contribution is -0.130. The van der Waals surface area contributed by atoms with Gasteiger partial charge in [0.25, 0.3) is 0 Å². The molecule has 1 saturated heterocycles. The zero-order valence-electron chi connectivity index (χ0n) is 18.9. The fourth-order valence-corrected chi connectivity index (χ4v) is 4.77. The van der Waals surface area contributed by atoms with Crippen LogP contribution in [-0.4, -0.2) is 64.7 Å². The largest absolute Gasteiger partial charge is 0.378 e. The van der Waals surface area contributed by atoms with Crippen LogP contribution in [0.15, 0.2) is 60.0 Å². The summed E-state index contributed by atoms with van der Waals surface area (Å²) >= 11 is 7.51. The number of anilines is 1. The quantitative estimate of drug-likeness (QED) is 0.421. The topological polar surface area (TPSA) is 63.5 Å². The highest BCUT2D eigenvalue weighted by Crippen LogP contribution is 2.23. The molecule has 174 valence electrons. The molecule has 1 aliphatic rings. The van der Waals surface area contributed by atoms with Crippen LogP contribution < -0.4 is 4.90 Å². The van der Waals surface area contributed by atoms with Gasteiger partial charge in [0.05, 0.1) is 17.5 Å². The monoisotopic (exact) mass is 485 g/mol. The maximum atomic E-state index is 13.3. The Balaban J connectivity index is 1.45. The molecule has 0 bridgehead atoms. The Morgan fingerprint density at radius 2 is 2.06 bits per heavy atom. The van der Waals surface area contributed by atoms with Gasteiger partial charge in [-0.1, -0.05) is 41.6 Å². The summed E-state index contributed by atoms with van der Waals surface area (Å²) < 4.78 is 7.66. The summed E-state index contributed by atoms with van der Waals surface area (Å²) in [5, 5.41) is 9.51. The van der Waals surface area contributed by atoms with Crippen molar-refractivity contribution in [2.75, 3.05) is 37.9 Å². The summed E-state index contributed by atoms with van der Waals surface area (Å²) in [5.41, 5.74) is 3.09. The maximum Gasteiger partial charge on any atom is 0.233 e. The number of halogens is 1. The molecule has 1 aliphatic heterocycles. The number of rotatable bonds is 9. The molecule has 0 N–H and O–H groups in total. The highest BCUT2D eigenvalue weighted by atomic mass is 35.5. The third-order valence-electron chi connectivity index (χ3n) is 5.55. The number of carbonyl (C=O) groups excluding carboxylic acids is 1. The summed E-state index contributed by atoms with van der Waals surface area (Å²) in [6, 6.07) is 15.8. The van der Waals surface area contributed by atoms with Gasteiger partial charge in [-0.05, 0) is 48.7 Å². The zero-order chi connectivity index (χ0) is 23.2.